The number of anilines is 1. The zero-order valence-corrected chi connectivity index (χ0v) is 11.7. The largest absolute Gasteiger partial charge is 0.354 e. The number of benzene rings is 1. The van der Waals surface area contributed by atoms with E-state index in [0.717, 1.165) is 36.6 Å². The van der Waals surface area contributed by atoms with Crippen molar-refractivity contribution < 1.29 is 0 Å². The van der Waals surface area contributed by atoms with Crippen LogP contribution in [0.25, 0.3) is 11.3 Å². The Kier molecular flexibility index (Phi) is 3.39. The molecule has 3 N–H and O–H groups in total. The number of hydrogen-bond donors (Lipinski definition) is 2. The average Bonchev–Trinajstić information content (AvgIpc) is 3.01. The van der Waals surface area contributed by atoms with Crippen molar-refractivity contribution in [2.24, 2.45) is 5.73 Å². The van der Waals surface area contributed by atoms with Crippen LogP contribution in [-0.4, -0.2) is 29.3 Å². The SMILES string of the molecule is NC1CCN(c2cc(-c3ccc(Cl)c(Cl)c3)[nH]n2)C1. The van der Waals surface area contributed by atoms with Gasteiger partial charge in [-0.3, -0.25) is 5.10 Å². The zero-order valence-electron chi connectivity index (χ0n) is 10.2. The predicted octanol–water partition coefficient (Wildman–Crippen LogP) is 2.92. The highest BCUT2D eigenvalue weighted by Crippen LogP contribution is 2.29. The molecule has 100 valence electrons. The molecule has 2 heterocycles. The number of aromatic amines is 1. The second-order valence-corrected chi connectivity index (χ2v) is 5.58. The van der Waals surface area contributed by atoms with Crippen LogP contribution in [0.4, 0.5) is 5.82 Å². The Bertz CT molecular complexity index is 596. The number of nitrogens with zero attached hydrogens (tertiary/aromatic N) is 2. The van der Waals surface area contributed by atoms with Crippen molar-refractivity contribution in [2.75, 3.05) is 18.0 Å². The molecule has 2 aromatic rings. The number of aromatic nitrogens is 2. The summed E-state index contributed by atoms with van der Waals surface area (Å²) in [6, 6.07) is 7.78. The Balaban J connectivity index is 1.86. The first-order valence-corrected chi connectivity index (χ1v) is 6.90. The lowest BCUT2D eigenvalue weighted by molar-refractivity contribution is 0.751. The molecule has 0 aliphatic carbocycles. The van der Waals surface area contributed by atoms with Crippen molar-refractivity contribution in [3.05, 3.63) is 34.3 Å². The van der Waals surface area contributed by atoms with E-state index in [0.29, 0.717) is 10.0 Å². The molecule has 0 radical (unpaired) electrons. The minimum atomic E-state index is 0.241. The third-order valence-corrected chi connectivity index (χ3v) is 4.08. The van der Waals surface area contributed by atoms with Crippen LogP contribution >= 0.6 is 23.2 Å². The smallest absolute Gasteiger partial charge is 0.151 e. The first-order valence-electron chi connectivity index (χ1n) is 6.15. The van der Waals surface area contributed by atoms with Gasteiger partial charge in [-0.1, -0.05) is 29.3 Å². The van der Waals surface area contributed by atoms with E-state index < -0.39 is 0 Å². The molecule has 0 bridgehead atoms. The maximum absolute atomic E-state index is 6.02. The Morgan fingerprint density at radius 3 is 2.79 bits per heavy atom. The number of H-pyrrole nitrogens is 1. The second-order valence-electron chi connectivity index (χ2n) is 4.76. The molecule has 1 aromatic carbocycles. The van der Waals surface area contributed by atoms with Crippen molar-refractivity contribution in [1.29, 1.82) is 0 Å². The number of halogens is 2. The van der Waals surface area contributed by atoms with Crippen molar-refractivity contribution in [3.63, 3.8) is 0 Å². The van der Waals surface area contributed by atoms with E-state index in [4.69, 9.17) is 28.9 Å². The normalized spacial score (nSPS) is 19.1. The van der Waals surface area contributed by atoms with Crippen LogP contribution < -0.4 is 10.6 Å². The van der Waals surface area contributed by atoms with Gasteiger partial charge in [0.2, 0.25) is 0 Å². The number of nitrogens with two attached hydrogens (primary N) is 1. The van der Waals surface area contributed by atoms with Crippen LogP contribution in [0.3, 0.4) is 0 Å². The summed E-state index contributed by atoms with van der Waals surface area (Å²) < 4.78 is 0. The van der Waals surface area contributed by atoms with Crippen LogP contribution in [0, 0.1) is 0 Å². The zero-order chi connectivity index (χ0) is 13.4. The molecule has 6 heteroatoms. The molecule has 1 aliphatic heterocycles. The molecule has 4 nitrogen and oxygen atoms in total. The summed E-state index contributed by atoms with van der Waals surface area (Å²) in [7, 11) is 0. The van der Waals surface area contributed by atoms with Crippen LogP contribution in [0.2, 0.25) is 10.0 Å². The molecule has 3 rings (SSSR count). The van der Waals surface area contributed by atoms with Crippen molar-refractivity contribution >= 4 is 29.0 Å². The van der Waals surface area contributed by atoms with E-state index in [1.54, 1.807) is 6.07 Å². The van der Waals surface area contributed by atoms with Crippen molar-refractivity contribution in [3.8, 4) is 11.3 Å². The van der Waals surface area contributed by atoms with Crippen LogP contribution in [0.15, 0.2) is 24.3 Å². The summed E-state index contributed by atoms with van der Waals surface area (Å²) >= 11 is 11.9. The molecule has 1 aliphatic rings. The van der Waals surface area contributed by atoms with Crippen LogP contribution in [0.1, 0.15) is 6.42 Å². The Labute approximate surface area is 121 Å². The lowest BCUT2D eigenvalue weighted by Gasteiger charge is -2.13. The fourth-order valence-electron chi connectivity index (χ4n) is 2.28. The predicted molar refractivity (Wildman–Crippen MR) is 78.8 cm³/mol. The van der Waals surface area contributed by atoms with Gasteiger partial charge >= 0.3 is 0 Å². The molecule has 1 fully saturated rings. The van der Waals surface area contributed by atoms with Gasteiger partial charge in [-0.15, -0.1) is 0 Å². The number of nitrogens with one attached hydrogen (secondary N) is 1. The van der Waals surface area contributed by atoms with E-state index in [-0.39, 0.29) is 6.04 Å². The molecular formula is C13H14Cl2N4. The second kappa shape index (κ2) is 5.04. The monoisotopic (exact) mass is 296 g/mol. The van der Waals surface area contributed by atoms with Gasteiger partial charge in [0.05, 0.1) is 15.7 Å². The quantitative estimate of drug-likeness (QED) is 0.896. The van der Waals surface area contributed by atoms with Gasteiger partial charge in [0.25, 0.3) is 0 Å². The lowest BCUT2D eigenvalue weighted by atomic mass is 10.1. The third kappa shape index (κ3) is 2.56. The molecule has 1 saturated heterocycles. The summed E-state index contributed by atoms with van der Waals surface area (Å²) in [5.41, 5.74) is 7.80. The van der Waals surface area contributed by atoms with E-state index in [1.165, 1.54) is 0 Å². The highest BCUT2D eigenvalue weighted by atomic mass is 35.5. The van der Waals surface area contributed by atoms with Crippen molar-refractivity contribution in [2.45, 2.75) is 12.5 Å². The fourth-order valence-corrected chi connectivity index (χ4v) is 2.58. The highest BCUT2D eigenvalue weighted by Gasteiger charge is 2.21. The molecule has 1 atom stereocenters. The van der Waals surface area contributed by atoms with E-state index in [1.807, 2.05) is 18.2 Å². The Morgan fingerprint density at radius 2 is 2.11 bits per heavy atom. The minimum Gasteiger partial charge on any atom is -0.354 e. The van der Waals surface area contributed by atoms with Gasteiger partial charge in [-0.25, -0.2) is 0 Å². The van der Waals surface area contributed by atoms with Gasteiger partial charge < -0.3 is 10.6 Å². The molecule has 1 aromatic heterocycles. The molecule has 1 unspecified atom stereocenters. The number of hydrogen-bond acceptors (Lipinski definition) is 3. The third-order valence-electron chi connectivity index (χ3n) is 3.34. The summed E-state index contributed by atoms with van der Waals surface area (Å²) in [4.78, 5) is 2.18. The fraction of sp³-hybridized carbons (Fsp3) is 0.308. The van der Waals surface area contributed by atoms with E-state index in [9.17, 15) is 0 Å². The Hall–Kier alpha value is -1.23. The highest BCUT2D eigenvalue weighted by molar-refractivity contribution is 6.42. The first-order chi connectivity index (χ1) is 9.13. The molecule has 0 saturated carbocycles. The maximum Gasteiger partial charge on any atom is 0.151 e. The number of rotatable bonds is 2. The van der Waals surface area contributed by atoms with Gasteiger partial charge in [0.1, 0.15) is 0 Å². The minimum absolute atomic E-state index is 0.241. The Morgan fingerprint density at radius 1 is 1.26 bits per heavy atom. The molecular weight excluding hydrogens is 283 g/mol. The molecule has 19 heavy (non-hydrogen) atoms. The summed E-state index contributed by atoms with van der Waals surface area (Å²) in [6.45, 7) is 1.80. The van der Waals surface area contributed by atoms with E-state index >= 15 is 0 Å². The average molecular weight is 297 g/mol. The summed E-state index contributed by atoms with van der Waals surface area (Å²) in [5.74, 6) is 0.925. The maximum atomic E-state index is 6.02. The van der Waals surface area contributed by atoms with E-state index in [2.05, 4.69) is 15.1 Å². The topological polar surface area (TPSA) is 57.9 Å². The van der Waals surface area contributed by atoms with Crippen LogP contribution in [-0.2, 0) is 0 Å². The van der Waals surface area contributed by atoms with Gasteiger partial charge in [0.15, 0.2) is 5.82 Å². The molecule has 0 amide bonds. The summed E-state index contributed by atoms with van der Waals surface area (Å²) in [5, 5.41) is 8.45. The van der Waals surface area contributed by atoms with Gasteiger partial charge in [-0.05, 0) is 18.6 Å². The van der Waals surface area contributed by atoms with Gasteiger partial charge in [-0.2, -0.15) is 5.10 Å². The summed E-state index contributed by atoms with van der Waals surface area (Å²) in [6.07, 6.45) is 1.01. The standard InChI is InChI=1S/C13H14Cl2N4/c14-10-2-1-8(5-11(10)15)12-6-13(18-17-12)19-4-3-9(16)7-19/h1-2,5-6,9H,3-4,7,16H2,(H,17,18). The van der Waals surface area contributed by atoms with Crippen LogP contribution in [0.5, 0.6) is 0 Å². The first kappa shape index (κ1) is 12.8. The van der Waals surface area contributed by atoms with Gasteiger partial charge in [0, 0.05) is 30.8 Å². The lowest BCUT2D eigenvalue weighted by Crippen LogP contribution is -2.26. The molecule has 0 spiro atoms. The van der Waals surface area contributed by atoms with Crippen molar-refractivity contribution in [1.82, 2.24) is 10.2 Å².